The third-order valence-electron chi connectivity index (χ3n) is 3.10. The van der Waals surface area contributed by atoms with Gasteiger partial charge in [-0.1, -0.05) is 42.1 Å². The molecular formula is C16H11F3N4OS2. The number of hydrogen-bond donors (Lipinski definition) is 1. The minimum absolute atomic E-state index is 0.0136. The molecule has 0 radical (unpaired) electrons. The highest BCUT2D eigenvalue weighted by molar-refractivity contribution is 7.99. The summed E-state index contributed by atoms with van der Waals surface area (Å²) in [7, 11) is 0. The van der Waals surface area contributed by atoms with Crippen LogP contribution in [0.5, 0.6) is 0 Å². The highest BCUT2D eigenvalue weighted by Gasteiger charge is 2.33. The van der Waals surface area contributed by atoms with Crippen LogP contribution in [-0.4, -0.2) is 26.8 Å². The Kier molecular flexibility index (Phi) is 5.52. The molecule has 0 aliphatic heterocycles. The summed E-state index contributed by atoms with van der Waals surface area (Å²) in [6.45, 7) is 0. The predicted molar refractivity (Wildman–Crippen MR) is 93.9 cm³/mol. The van der Waals surface area contributed by atoms with E-state index >= 15 is 0 Å². The summed E-state index contributed by atoms with van der Waals surface area (Å²) >= 11 is 1.86. The molecule has 0 aliphatic carbocycles. The summed E-state index contributed by atoms with van der Waals surface area (Å²) < 4.78 is 37.4. The number of aromatic nitrogens is 3. The molecule has 5 nitrogen and oxygen atoms in total. The molecule has 1 amide bonds. The molecular weight excluding hydrogens is 385 g/mol. The molecule has 0 saturated carbocycles. The Labute approximate surface area is 154 Å². The van der Waals surface area contributed by atoms with Crippen LogP contribution in [0.15, 0.2) is 52.9 Å². The van der Waals surface area contributed by atoms with Gasteiger partial charge >= 0.3 is 6.18 Å². The van der Waals surface area contributed by atoms with E-state index in [0.717, 1.165) is 34.0 Å². The second kappa shape index (κ2) is 7.83. The summed E-state index contributed by atoms with van der Waals surface area (Å²) in [6, 6.07) is 13.0. The Morgan fingerprint density at radius 3 is 2.50 bits per heavy atom. The van der Waals surface area contributed by atoms with Gasteiger partial charge in [0.15, 0.2) is 10.8 Å². The SMILES string of the molecule is O=C(CSc1ccc(-c2ccccc2)nn1)Nc1nc(C(F)(F)F)cs1. The Morgan fingerprint density at radius 2 is 1.88 bits per heavy atom. The number of thioether (sulfide) groups is 1. The summed E-state index contributed by atoms with van der Waals surface area (Å²) in [4.78, 5) is 15.2. The number of alkyl halides is 3. The second-order valence-electron chi connectivity index (χ2n) is 5.00. The zero-order chi connectivity index (χ0) is 18.6. The van der Waals surface area contributed by atoms with E-state index in [4.69, 9.17) is 0 Å². The Bertz CT molecular complexity index is 883. The second-order valence-corrected chi connectivity index (χ2v) is 6.85. The van der Waals surface area contributed by atoms with Gasteiger partial charge in [-0.3, -0.25) is 4.79 Å². The van der Waals surface area contributed by atoms with E-state index in [1.807, 2.05) is 30.3 Å². The zero-order valence-corrected chi connectivity index (χ0v) is 14.7. The van der Waals surface area contributed by atoms with Crippen molar-refractivity contribution in [2.75, 3.05) is 11.1 Å². The first-order chi connectivity index (χ1) is 12.4. The van der Waals surface area contributed by atoms with Gasteiger partial charge in [0.05, 0.1) is 11.4 Å². The molecule has 2 aromatic heterocycles. The van der Waals surface area contributed by atoms with Gasteiger partial charge in [0.25, 0.3) is 0 Å². The fourth-order valence-electron chi connectivity index (χ4n) is 1.92. The third-order valence-corrected chi connectivity index (χ3v) is 4.78. The summed E-state index contributed by atoms with van der Waals surface area (Å²) in [5.74, 6) is -0.479. The first kappa shape index (κ1) is 18.3. The van der Waals surface area contributed by atoms with E-state index < -0.39 is 17.8 Å². The van der Waals surface area contributed by atoms with Crippen LogP contribution in [0.4, 0.5) is 18.3 Å². The molecule has 0 spiro atoms. The van der Waals surface area contributed by atoms with Crippen molar-refractivity contribution in [1.29, 1.82) is 0 Å². The molecule has 0 bridgehead atoms. The predicted octanol–water partition coefficient (Wildman–Crippen LogP) is 4.35. The highest BCUT2D eigenvalue weighted by Crippen LogP contribution is 2.31. The molecule has 1 N–H and O–H groups in total. The van der Waals surface area contributed by atoms with E-state index in [-0.39, 0.29) is 10.9 Å². The van der Waals surface area contributed by atoms with Crippen molar-refractivity contribution >= 4 is 34.1 Å². The quantitative estimate of drug-likeness (QED) is 0.650. The molecule has 0 unspecified atom stereocenters. The van der Waals surface area contributed by atoms with Gasteiger partial charge in [0, 0.05) is 10.9 Å². The van der Waals surface area contributed by atoms with Crippen molar-refractivity contribution in [1.82, 2.24) is 15.2 Å². The molecule has 0 atom stereocenters. The van der Waals surface area contributed by atoms with Crippen LogP contribution < -0.4 is 5.32 Å². The monoisotopic (exact) mass is 396 g/mol. The number of anilines is 1. The number of thiazole rings is 1. The van der Waals surface area contributed by atoms with E-state index in [2.05, 4.69) is 20.5 Å². The van der Waals surface area contributed by atoms with E-state index in [1.54, 1.807) is 12.1 Å². The van der Waals surface area contributed by atoms with Crippen LogP contribution >= 0.6 is 23.1 Å². The van der Waals surface area contributed by atoms with Crippen LogP contribution in [0.3, 0.4) is 0 Å². The van der Waals surface area contributed by atoms with Crippen LogP contribution in [0.2, 0.25) is 0 Å². The first-order valence-electron chi connectivity index (χ1n) is 7.26. The number of nitrogens with one attached hydrogen (secondary N) is 1. The number of hydrogen-bond acceptors (Lipinski definition) is 6. The highest BCUT2D eigenvalue weighted by atomic mass is 32.2. The lowest BCUT2D eigenvalue weighted by molar-refractivity contribution is -0.140. The maximum absolute atomic E-state index is 12.5. The fraction of sp³-hybridized carbons (Fsp3) is 0.125. The number of amides is 1. The average molecular weight is 396 g/mol. The van der Waals surface area contributed by atoms with Crippen molar-refractivity contribution in [3.05, 3.63) is 53.5 Å². The van der Waals surface area contributed by atoms with Crippen molar-refractivity contribution in [3.63, 3.8) is 0 Å². The number of halogens is 3. The lowest BCUT2D eigenvalue weighted by atomic mass is 10.1. The van der Waals surface area contributed by atoms with Gasteiger partial charge in [0.2, 0.25) is 5.91 Å². The fourth-order valence-corrected chi connectivity index (χ4v) is 3.26. The number of carbonyl (C=O) groups excluding carboxylic acids is 1. The molecule has 2 heterocycles. The summed E-state index contributed by atoms with van der Waals surface area (Å²) in [5.41, 5.74) is 0.619. The molecule has 26 heavy (non-hydrogen) atoms. The maximum Gasteiger partial charge on any atom is 0.434 e. The van der Waals surface area contributed by atoms with Gasteiger partial charge < -0.3 is 5.32 Å². The standard InChI is InChI=1S/C16H11F3N4OS2/c17-16(18,19)12-8-26-15(20-12)21-13(24)9-25-14-7-6-11(22-23-14)10-4-2-1-3-5-10/h1-8H,9H2,(H,20,21,24). The summed E-state index contributed by atoms with van der Waals surface area (Å²) in [5, 5.41) is 11.8. The number of nitrogens with zero attached hydrogens (tertiary/aromatic N) is 3. The van der Waals surface area contributed by atoms with Gasteiger partial charge in [0.1, 0.15) is 5.03 Å². The normalized spacial score (nSPS) is 11.3. The lowest BCUT2D eigenvalue weighted by Crippen LogP contribution is -2.14. The van der Waals surface area contributed by atoms with Crippen molar-refractivity contribution in [2.45, 2.75) is 11.2 Å². The van der Waals surface area contributed by atoms with Crippen molar-refractivity contribution in [2.24, 2.45) is 0 Å². The maximum atomic E-state index is 12.5. The molecule has 3 rings (SSSR count). The number of carbonyl (C=O) groups is 1. The van der Waals surface area contributed by atoms with Crippen molar-refractivity contribution < 1.29 is 18.0 Å². The van der Waals surface area contributed by atoms with Crippen LogP contribution in [0.25, 0.3) is 11.3 Å². The largest absolute Gasteiger partial charge is 0.434 e. The van der Waals surface area contributed by atoms with Gasteiger partial charge in [-0.25, -0.2) is 4.98 Å². The molecule has 0 fully saturated rings. The van der Waals surface area contributed by atoms with E-state index in [9.17, 15) is 18.0 Å². The average Bonchev–Trinajstić information content (AvgIpc) is 3.10. The lowest BCUT2D eigenvalue weighted by Gasteiger charge is -2.03. The van der Waals surface area contributed by atoms with E-state index in [0.29, 0.717) is 10.7 Å². The molecule has 1 aromatic carbocycles. The molecule has 0 aliphatic rings. The Hall–Kier alpha value is -2.46. The minimum Gasteiger partial charge on any atom is -0.301 e. The third kappa shape index (κ3) is 4.79. The number of rotatable bonds is 5. The van der Waals surface area contributed by atoms with Gasteiger partial charge in [-0.15, -0.1) is 21.5 Å². The molecule has 0 saturated heterocycles. The molecule has 3 aromatic rings. The topological polar surface area (TPSA) is 67.8 Å². The molecule has 10 heteroatoms. The smallest absolute Gasteiger partial charge is 0.301 e. The minimum atomic E-state index is -4.52. The van der Waals surface area contributed by atoms with Crippen molar-refractivity contribution in [3.8, 4) is 11.3 Å². The number of benzene rings is 1. The van der Waals surface area contributed by atoms with Gasteiger partial charge in [-0.2, -0.15) is 13.2 Å². The molecule has 134 valence electrons. The van der Waals surface area contributed by atoms with Crippen LogP contribution in [0.1, 0.15) is 5.69 Å². The van der Waals surface area contributed by atoms with Gasteiger partial charge in [-0.05, 0) is 12.1 Å². The zero-order valence-electron chi connectivity index (χ0n) is 13.0. The van der Waals surface area contributed by atoms with Crippen LogP contribution in [-0.2, 0) is 11.0 Å². The first-order valence-corrected chi connectivity index (χ1v) is 9.13. The Morgan fingerprint density at radius 1 is 1.12 bits per heavy atom. The summed E-state index contributed by atoms with van der Waals surface area (Å²) in [6.07, 6.45) is -4.52. The van der Waals surface area contributed by atoms with E-state index in [1.165, 1.54) is 0 Å². The van der Waals surface area contributed by atoms with Crippen LogP contribution in [0, 0.1) is 0 Å². The Balaban J connectivity index is 1.54.